The molecule has 8 nitrogen and oxygen atoms in total. The number of guanidine groups is 1. The van der Waals surface area contributed by atoms with Gasteiger partial charge in [-0.3, -0.25) is 14.9 Å². The molecule has 1 unspecified atom stereocenters. The maximum Gasteiger partial charge on any atom is 0.419 e. The third kappa shape index (κ3) is 8.93. The average molecular weight is 541 g/mol. The number of halogens is 4. The third-order valence-electron chi connectivity index (χ3n) is 5.80. The average Bonchev–Trinajstić information content (AvgIpc) is 2.86. The number of carbonyl (C=O) groups is 2. The van der Waals surface area contributed by atoms with Crippen molar-refractivity contribution in [2.45, 2.75) is 51.9 Å². The lowest BCUT2D eigenvalue weighted by Crippen LogP contribution is -2.41. The number of nitrogens with one attached hydrogen (secondary N) is 2. The standard InChI is InChI=1S/C26H32F4N4O4/c1-5-15(2)10-20(24(36)32-14-17-6-8-19(27)18(11-17)26(28,29)30)33-25(31)34-23(35)13-16-7-9-21(37-3)22(12-16)38-4/h6-9,11-12,15,20H,5,10,13-14H2,1-4H3,(H,32,36)(H3,31,33,34,35)/t15?,20-/m1/s1. The molecule has 208 valence electrons. The molecule has 2 amide bonds. The Kier molecular flexibility index (Phi) is 10.9. The number of ether oxygens (including phenoxy) is 2. The van der Waals surface area contributed by atoms with Gasteiger partial charge in [0.15, 0.2) is 17.5 Å². The first-order valence-electron chi connectivity index (χ1n) is 11.8. The summed E-state index contributed by atoms with van der Waals surface area (Å²) in [5.41, 5.74) is 5.18. The molecule has 0 aromatic heterocycles. The largest absolute Gasteiger partial charge is 0.493 e. The molecule has 0 aliphatic carbocycles. The fourth-order valence-corrected chi connectivity index (χ4v) is 3.54. The predicted molar refractivity (Wildman–Crippen MR) is 134 cm³/mol. The van der Waals surface area contributed by atoms with E-state index < -0.39 is 35.4 Å². The molecule has 0 bridgehead atoms. The van der Waals surface area contributed by atoms with Crippen LogP contribution in [-0.2, 0) is 28.7 Å². The van der Waals surface area contributed by atoms with Crippen LogP contribution in [-0.4, -0.2) is 38.0 Å². The molecule has 2 rings (SSSR count). The summed E-state index contributed by atoms with van der Waals surface area (Å²) in [5.74, 6) is -1.73. The van der Waals surface area contributed by atoms with E-state index in [2.05, 4.69) is 15.6 Å². The van der Waals surface area contributed by atoms with Crippen molar-refractivity contribution < 1.29 is 36.6 Å². The van der Waals surface area contributed by atoms with Gasteiger partial charge in [0.25, 0.3) is 0 Å². The van der Waals surface area contributed by atoms with Crippen LogP contribution in [0.1, 0.15) is 43.4 Å². The number of amides is 2. The lowest BCUT2D eigenvalue weighted by Gasteiger charge is -2.18. The number of benzene rings is 2. The first-order valence-corrected chi connectivity index (χ1v) is 11.8. The second kappa shape index (κ2) is 13.6. The van der Waals surface area contributed by atoms with Gasteiger partial charge in [0.05, 0.1) is 26.2 Å². The molecule has 0 heterocycles. The molecule has 38 heavy (non-hydrogen) atoms. The van der Waals surface area contributed by atoms with Crippen LogP contribution in [0.3, 0.4) is 0 Å². The molecular formula is C26H32F4N4O4. The van der Waals surface area contributed by atoms with E-state index in [9.17, 15) is 27.2 Å². The minimum atomic E-state index is -4.86. The van der Waals surface area contributed by atoms with Crippen molar-refractivity contribution in [2.24, 2.45) is 16.6 Å². The second-order valence-electron chi connectivity index (χ2n) is 8.72. The molecule has 2 aromatic carbocycles. The number of alkyl halides is 3. The second-order valence-corrected chi connectivity index (χ2v) is 8.72. The summed E-state index contributed by atoms with van der Waals surface area (Å²) in [4.78, 5) is 29.5. The summed E-state index contributed by atoms with van der Waals surface area (Å²) in [5, 5.41) is 4.96. The fourth-order valence-electron chi connectivity index (χ4n) is 3.54. The lowest BCUT2D eigenvalue weighted by molar-refractivity contribution is -0.140. The van der Waals surface area contributed by atoms with Crippen molar-refractivity contribution in [1.29, 1.82) is 0 Å². The zero-order valence-corrected chi connectivity index (χ0v) is 21.6. The van der Waals surface area contributed by atoms with E-state index in [1.165, 1.54) is 14.2 Å². The zero-order valence-electron chi connectivity index (χ0n) is 21.6. The molecule has 0 saturated carbocycles. The highest BCUT2D eigenvalue weighted by Crippen LogP contribution is 2.32. The quantitative estimate of drug-likeness (QED) is 0.227. The number of hydrogen-bond donors (Lipinski definition) is 3. The molecule has 0 radical (unpaired) electrons. The molecular weight excluding hydrogens is 508 g/mol. The van der Waals surface area contributed by atoms with Gasteiger partial charge >= 0.3 is 6.18 Å². The Morgan fingerprint density at radius 2 is 1.71 bits per heavy atom. The van der Waals surface area contributed by atoms with E-state index in [1.54, 1.807) is 18.2 Å². The van der Waals surface area contributed by atoms with E-state index in [1.807, 2.05) is 13.8 Å². The van der Waals surface area contributed by atoms with Crippen molar-refractivity contribution in [1.82, 2.24) is 10.6 Å². The molecule has 0 aliphatic heterocycles. The Bertz CT molecular complexity index is 1150. The van der Waals surface area contributed by atoms with Crippen molar-refractivity contribution >= 4 is 17.8 Å². The van der Waals surface area contributed by atoms with Gasteiger partial charge in [-0.25, -0.2) is 9.38 Å². The topological polar surface area (TPSA) is 115 Å². The van der Waals surface area contributed by atoms with Gasteiger partial charge in [-0.2, -0.15) is 13.2 Å². The van der Waals surface area contributed by atoms with Crippen LogP contribution < -0.4 is 25.8 Å². The first-order chi connectivity index (χ1) is 17.9. The van der Waals surface area contributed by atoms with Crippen LogP contribution >= 0.6 is 0 Å². The SMILES string of the molecule is CCC(C)C[C@@H](N=C(N)NC(=O)Cc1ccc(OC)c(OC)c1)C(=O)NCc1ccc(F)c(C(F)(F)F)c1. The van der Waals surface area contributed by atoms with Crippen LogP contribution in [0.15, 0.2) is 41.4 Å². The number of nitrogens with two attached hydrogens (primary N) is 1. The Morgan fingerprint density at radius 3 is 2.32 bits per heavy atom. The molecule has 2 aromatic rings. The minimum absolute atomic E-state index is 0.0507. The van der Waals surface area contributed by atoms with Crippen molar-refractivity contribution in [2.75, 3.05) is 14.2 Å². The fraction of sp³-hybridized carbons (Fsp3) is 0.423. The van der Waals surface area contributed by atoms with Gasteiger partial charge in [0.2, 0.25) is 11.8 Å². The number of aliphatic imine (C=N–C) groups is 1. The summed E-state index contributed by atoms with van der Waals surface area (Å²) >= 11 is 0. The van der Waals surface area contributed by atoms with Gasteiger partial charge in [-0.15, -0.1) is 0 Å². The van der Waals surface area contributed by atoms with Crippen molar-refractivity contribution in [3.63, 3.8) is 0 Å². The van der Waals surface area contributed by atoms with Gasteiger partial charge in [0.1, 0.15) is 11.9 Å². The van der Waals surface area contributed by atoms with Crippen LogP contribution in [0.2, 0.25) is 0 Å². The Labute approximate surface area is 218 Å². The summed E-state index contributed by atoms with van der Waals surface area (Å²) in [6.07, 6.45) is -3.90. The van der Waals surface area contributed by atoms with Crippen molar-refractivity contribution in [3.05, 3.63) is 58.9 Å². The number of nitrogens with zero attached hydrogens (tertiary/aromatic N) is 1. The highest BCUT2D eigenvalue weighted by atomic mass is 19.4. The smallest absolute Gasteiger partial charge is 0.419 e. The Balaban J connectivity index is 2.10. The molecule has 0 saturated heterocycles. The monoisotopic (exact) mass is 540 g/mol. The van der Waals surface area contributed by atoms with E-state index in [0.717, 1.165) is 12.5 Å². The van der Waals surface area contributed by atoms with Gasteiger partial charge in [-0.1, -0.05) is 32.4 Å². The predicted octanol–water partition coefficient (Wildman–Crippen LogP) is 3.96. The highest BCUT2D eigenvalue weighted by Gasteiger charge is 2.34. The van der Waals surface area contributed by atoms with E-state index in [-0.39, 0.29) is 36.8 Å². The molecule has 2 atom stereocenters. The number of hydrogen-bond acceptors (Lipinski definition) is 5. The lowest BCUT2D eigenvalue weighted by atomic mass is 9.99. The van der Waals surface area contributed by atoms with Gasteiger partial charge in [0, 0.05) is 6.54 Å². The maximum absolute atomic E-state index is 13.5. The summed E-state index contributed by atoms with van der Waals surface area (Å²) in [7, 11) is 2.97. The number of methoxy groups -OCH3 is 2. The first kappa shape index (κ1) is 30.4. The van der Waals surface area contributed by atoms with Gasteiger partial charge < -0.3 is 20.5 Å². The third-order valence-corrected chi connectivity index (χ3v) is 5.80. The maximum atomic E-state index is 13.5. The summed E-state index contributed by atoms with van der Waals surface area (Å²) in [6, 6.07) is 6.48. The number of rotatable bonds is 11. The van der Waals surface area contributed by atoms with Crippen LogP contribution in [0.4, 0.5) is 17.6 Å². The molecule has 0 spiro atoms. The van der Waals surface area contributed by atoms with E-state index >= 15 is 0 Å². The summed E-state index contributed by atoms with van der Waals surface area (Å²) < 4.78 is 62.9. The van der Waals surface area contributed by atoms with Gasteiger partial charge in [-0.05, 0) is 47.7 Å². The summed E-state index contributed by atoms with van der Waals surface area (Å²) in [6.45, 7) is 3.55. The molecule has 12 heteroatoms. The zero-order chi connectivity index (χ0) is 28.5. The van der Waals surface area contributed by atoms with Crippen LogP contribution in [0, 0.1) is 11.7 Å². The number of carbonyl (C=O) groups excluding carboxylic acids is 2. The molecule has 4 N–H and O–H groups in total. The van der Waals surface area contributed by atoms with Crippen LogP contribution in [0.5, 0.6) is 11.5 Å². The van der Waals surface area contributed by atoms with Crippen LogP contribution in [0.25, 0.3) is 0 Å². The van der Waals surface area contributed by atoms with E-state index in [0.29, 0.717) is 29.2 Å². The highest BCUT2D eigenvalue weighted by molar-refractivity contribution is 5.98. The molecule has 0 aliphatic rings. The Morgan fingerprint density at radius 1 is 1.05 bits per heavy atom. The Hall–Kier alpha value is -3.83. The van der Waals surface area contributed by atoms with Crippen molar-refractivity contribution in [3.8, 4) is 11.5 Å². The normalized spacial score (nSPS) is 13.4. The molecule has 0 fully saturated rings. The van der Waals surface area contributed by atoms with E-state index in [4.69, 9.17) is 15.2 Å². The minimum Gasteiger partial charge on any atom is -0.493 e.